The second-order valence-corrected chi connectivity index (χ2v) is 12.3. The minimum Gasteiger partial charge on any atom is -0.491 e. The van der Waals surface area contributed by atoms with Gasteiger partial charge in [0.2, 0.25) is 19.9 Å². The van der Waals surface area contributed by atoms with Crippen molar-refractivity contribution in [3.05, 3.63) is 46.4 Å². The lowest BCUT2D eigenvalue weighted by Crippen LogP contribution is -2.34. The normalized spacial score (nSPS) is 14.0. The fraction of sp³-hybridized carbons (Fsp3) is 0.400. The van der Waals surface area contributed by atoms with Gasteiger partial charge in [-0.15, -0.1) is 11.6 Å². The Hall–Kier alpha value is -1.27. The fourth-order valence-electron chi connectivity index (χ4n) is 2.45. The summed E-state index contributed by atoms with van der Waals surface area (Å²) in [5, 5.41) is 9.88. The molecule has 2 aromatic carbocycles. The number of hydrogen-bond donors (Lipinski definition) is 2. The van der Waals surface area contributed by atoms with Crippen LogP contribution >= 0.6 is 34.8 Å². The lowest BCUT2D eigenvalue weighted by atomic mass is 10.2. The van der Waals surface area contributed by atoms with Crippen molar-refractivity contribution < 1.29 is 31.4 Å². The molecule has 0 spiro atoms. The van der Waals surface area contributed by atoms with Gasteiger partial charge >= 0.3 is 0 Å². The first-order valence-electron chi connectivity index (χ1n) is 9.62. The zero-order chi connectivity index (χ0) is 24.8. The van der Waals surface area contributed by atoms with E-state index in [2.05, 4.69) is 4.72 Å². The molecule has 0 amide bonds. The Balaban J connectivity index is 2.11. The van der Waals surface area contributed by atoms with E-state index in [0.717, 1.165) is 6.26 Å². The average molecular weight is 561 g/mol. The third-order valence-electron chi connectivity index (χ3n) is 4.22. The van der Waals surface area contributed by atoms with Crippen LogP contribution in [0.5, 0.6) is 11.5 Å². The van der Waals surface area contributed by atoms with Gasteiger partial charge in [0.25, 0.3) is 0 Å². The molecule has 0 saturated carbocycles. The number of alkyl halides is 1. The number of benzene rings is 2. The molecule has 0 aliphatic carbocycles. The second kappa shape index (κ2) is 11.9. The van der Waals surface area contributed by atoms with E-state index in [-0.39, 0.29) is 51.3 Å². The number of aliphatic hydroxyl groups is 1. The average Bonchev–Trinajstić information content (AvgIpc) is 2.75. The van der Waals surface area contributed by atoms with Crippen LogP contribution in [0.25, 0.3) is 0 Å². The number of nitrogens with one attached hydrogen (secondary N) is 1. The highest BCUT2D eigenvalue weighted by atomic mass is 35.5. The molecule has 0 radical (unpaired) electrons. The minimum absolute atomic E-state index is 0.0225. The van der Waals surface area contributed by atoms with Crippen molar-refractivity contribution in [2.75, 3.05) is 31.9 Å². The largest absolute Gasteiger partial charge is 0.491 e. The van der Waals surface area contributed by atoms with Gasteiger partial charge in [-0.1, -0.05) is 30.1 Å². The molecule has 0 aromatic heterocycles. The second-order valence-electron chi connectivity index (χ2n) is 7.35. The molecular formula is C20H24Cl3NO7S2. The zero-order valence-corrected chi connectivity index (χ0v) is 21.7. The number of hydrogen-bond acceptors (Lipinski definition) is 7. The van der Waals surface area contributed by atoms with Gasteiger partial charge in [0.1, 0.15) is 18.5 Å². The lowest BCUT2D eigenvalue weighted by molar-refractivity contribution is 0.111. The Morgan fingerprint density at radius 3 is 2.06 bits per heavy atom. The van der Waals surface area contributed by atoms with E-state index in [1.54, 1.807) is 0 Å². The molecular weight excluding hydrogens is 537 g/mol. The maximum absolute atomic E-state index is 13.0. The van der Waals surface area contributed by atoms with Crippen LogP contribution in [0.2, 0.25) is 10.0 Å². The molecule has 2 N–H and O–H groups in total. The van der Waals surface area contributed by atoms with Crippen molar-refractivity contribution in [3.63, 3.8) is 0 Å². The molecule has 0 heterocycles. The van der Waals surface area contributed by atoms with E-state index in [1.165, 1.54) is 36.4 Å². The number of sulfonamides is 1. The summed E-state index contributed by atoms with van der Waals surface area (Å²) in [6, 6.07) is 8.02. The fourth-order valence-corrected chi connectivity index (χ4v) is 5.07. The van der Waals surface area contributed by atoms with Crippen LogP contribution in [0, 0.1) is 5.92 Å². The topological polar surface area (TPSA) is 119 Å². The maximum Gasteiger partial charge on any atom is 0.208 e. The van der Waals surface area contributed by atoms with Crippen LogP contribution in [0.3, 0.4) is 0 Å². The Morgan fingerprint density at radius 1 is 0.970 bits per heavy atom. The summed E-state index contributed by atoms with van der Waals surface area (Å²) in [6.45, 7) is 1.75. The molecule has 0 fully saturated rings. The Morgan fingerprint density at radius 2 is 1.55 bits per heavy atom. The Labute approximate surface area is 208 Å². The third-order valence-corrected chi connectivity index (χ3v) is 7.74. The summed E-state index contributed by atoms with van der Waals surface area (Å²) in [7, 11) is -7.37. The Kier molecular flexibility index (Phi) is 10.1. The molecule has 33 heavy (non-hydrogen) atoms. The predicted molar refractivity (Wildman–Crippen MR) is 128 cm³/mol. The number of sulfone groups is 1. The summed E-state index contributed by atoms with van der Waals surface area (Å²) >= 11 is 18.2. The summed E-state index contributed by atoms with van der Waals surface area (Å²) < 4.78 is 61.2. The third kappa shape index (κ3) is 8.47. The standard InChI is InChI=1S/C20H24Cl3NO7S2/c1-13(9-21)11-31-20-18(22)7-17(8-19(20)23)33(28,29)16-5-3-15(4-6-16)30-12-14(25)10-24-32(2,26)27/h3-8,13-14,24-25H,9-12H2,1-2H3/t13-,14+/m1/s1. The first-order chi connectivity index (χ1) is 15.3. The van der Waals surface area contributed by atoms with E-state index in [0.29, 0.717) is 11.6 Å². The van der Waals surface area contributed by atoms with Crippen molar-refractivity contribution >= 4 is 54.7 Å². The molecule has 0 aliphatic heterocycles. The van der Waals surface area contributed by atoms with Gasteiger partial charge in [-0.25, -0.2) is 21.6 Å². The molecule has 0 bridgehead atoms. The van der Waals surface area contributed by atoms with E-state index in [1.807, 2.05) is 6.92 Å². The molecule has 2 atom stereocenters. The maximum atomic E-state index is 13.0. The number of rotatable bonds is 12. The first-order valence-corrected chi connectivity index (χ1v) is 14.3. The summed E-state index contributed by atoms with van der Waals surface area (Å²) in [5.74, 6) is 0.917. The number of aliphatic hydroxyl groups excluding tert-OH is 1. The summed E-state index contributed by atoms with van der Waals surface area (Å²) in [6.07, 6.45) is -0.108. The van der Waals surface area contributed by atoms with E-state index < -0.39 is 26.0 Å². The molecule has 0 saturated heterocycles. The predicted octanol–water partition coefficient (Wildman–Crippen LogP) is 3.37. The quantitative estimate of drug-likeness (QED) is 0.382. The van der Waals surface area contributed by atoms with Crippen LogP contribution in [-0.2, 0) is 19.9 Å². The van der Waals surface area contributed by atoms with Crippen molar-refractivity contribution in [1.29, 1.82) is 0 Å². The van der Waals surface area contributed by atoms with E-state index in [4.69, 9.17) is 44.3 Å². The SMILES string of the molecule is C[C@H](CCl)COc1c(Cl)cc(S(=O)(=O)c2ccc(OC[C@@H](O)CNS(C)(=O)=O)cc2)cc1Cl. The van der Waals surface area contributed by atoms with Gasteiger partial charge in [-0.2, -0.15) is 0 Å². The first kappa shape index (κ1) is 28.0. The highest BCUT2D eigenvalue weighted by Crippen LogP contribution is 2.37. The van der Waals surface area contributed by atoms with Gasteiger partial charge < -0.3 is 14.6 Å². The highest BCUT2D eigenvalue weighted by molar-refractivity contribution is 7.91. The molecule has 8 nitrogen and oxygen atoms in total. The van der Waals surface area contributed by atoms with Crippen molar-refractivity contribution in [1.82, 2.24) is 4.72 Å². The van der Waals surface area contributed by atoms with Crippen molar-refractivity contribution in [3.8, 4) is 11.5 Å². The van der Waals surface area contributed by atoms with Gasteiger partial charge in [0.05, 0.1) is 32.7 Å². The zero-order valence-electron chi connectivity index (χ0n) is 17.8. The minimum atomic E-state index is -3.94. The Bertz CT molecular complexity index is 1130. The molecule has 184 valence electrons. The van der Waals surface area contributed by atoms with E-state index >= 15 is 0 Å². The monoisotopic (exact) mass is 559 g/mol. The molecule has 0 unspecified atom stereocenters. The van der Waals surface area contributed by atoms with Gasteiger partial charge in [-0.3, -0.25) is 0 Å². The smallest absolute Gasteiger partial charge is 0.208 e. The van der Waals surface area contributed by atoms with Gasteiger partial charge in [-0.05, 0) is 36.4 Å². The summed E-state index contributed by atoms with van der Waals surface area (Å²) in [4.78, 5) is -0.128. The van der Waals surface area contributed by atoms with Gasteiger partial charge in [0.15, 0.2) is 5.75 Å². The van der Waals surface area contributed by atoms with Crippen LogP contribution in [0.4, 0.5) is 0 Å². The molecule has 0 aliphatic rings. The van der Waals surface area contributed by atoms with Crippen LogP contribution in [0.15, 0.2) is 46.2 Å². The number of ether oxygens (including phenoxy) is 2. The van der Waals surface area contributed by atoms with E-state index in [9.17, 15) is 21.9 Å². The molecule has 2 aromatic rings. The van der Waals surface area contributed by atoms with Crippen LogP contribution in [-0.4, -0.2) is 59.9 Å². The van der Waals surface area contributed by atoms with Crippen LogP contribution < -0.4 is 14.2 Å². The van der Waals surface area contributed by atoms with Crippen molar-refractivity contribution in [2.45, 2.75) is 22.8 Å². The summed E-state index contributed by atoms with van der Waals surface area (Å²) in [5.41, 5.74) is 0. The van der Waals surface area contributed by atoms with Crippen LogP contribution in [0.1, 0.15) is 6.92 Å². The number of halogens is 3. The lowest BCUT2D eigenvalue weighted by Gasteiger charge is -2.15. The van der Waals surface area contributed by atoms with Gasteiger partial charge in [0, 0.05) is 18.3 Å². The highest BCUT2D eigenvalue weighted by Gasteiger charge is 2.22. The molecule has 13 heteroatoms. The van der Waals surface area contributed by atoms with Crippen molar-refractivity contribution in [2.24, 2.45) is 5.92 Å². The molecule has 2 rings (SSSR count).